The van der Waals surface area contributed by atoms with Gasteiger partial charge in [0.15, 0.2) is 0 Å². The first-order chi connectivity index (χ1) is 8.34. The Morgan fingerprint density at radius 1 is 1.29 bits per heavy atom. The molecule has 86 valence electrons. The Bertz CT molecular complexity index is 554. The molecule has 0 radical (unpaired) electrons. The third kappa shape index (κ3) is 1.73. The Kier molecular flexibility index (Phi) is 2.25. The maximum Gasteiger partial charge on any atom is 0.310 e. The average molecular weight is 230 g/mol. The number of rotatable bonds is 2. The van der Waals surface area contributed by atoms with E-state index in [1.165, 1.54) is 0 Å². The van der Waals surface area contributed by atoms with Crippen LogP contribution in [0.5, 0.6) is 0 Å². The van der Waals surface area contributed by atoms with Gasteiger partial charge in [0, 0.05) is 29.7 Å². The highest BCUT2D eigenvalue weighted by Crippen LogP contribution is 2.30. The van der Waals surface area contributed by atoms with E-state index < -0.39 is 0 Å². The van der Waals surface area contributed by atoms with Gasteiger partial charge in [0.05, 0.1) is 12.1 Å². The maximum atomic E-state index is 11.4. The Labute approximate surface area is 96.7 Å². The molecule has 0 amide bonds. The quantitative estimate of drug-likeness (QED) is 0.753. The summed E-state index contributed by atoms with van der Waals surface area (Å²) in [5.41, 5.74) is 2.62. The van der Waals surface area contributed by atoms with Crippen LogP contribution in [0, 0.1) is 0 Å². The van der Waals surface area contributed by atoms with Crippen molar-refractivity contribution in [1.29, 1.82) is 0 Å². The minimum absolute atomic E-state index is 0.224. The molecule has 0 atom stereocenters. The van der Waals surface area contributed by atoms with Gasteiger partial charge >= 0.3 is 5.97 Å². The lowest BCUT2D eigenvalue weighted by Crippen LogP contribution is -2.16. The van der Waals surface area contributed by atoms with Crippen molar-refractivity contribution in [2.24, 2.45) is 0 Å². The third-order valence-corrected chi connectivity index (χ3v) is 2.67. The first-order valence-corrected chi connectivity index (χ1v) is 5.22. The largest absolute Gasteiger partial charge is 0.460 e. The lowest BCUT2D eigenvalue weighted by Gasteiger charge is -2.18. The molecule has 2 aromatic rings. The molecule has 3 rings (SSSR count). The number of nitrogens with zero attached hydrogens (tertiary/aromatic N) is 2. The highest BCUT2D eigenvalue weighted by atomic mass is 16.5. The zero-order valence-corrected chi connectivity index (χ0v) is 8.93. The number of cyclic esters (lactones) is 1. The smallest absolute Gasteiger partial charge is 0.310 e. The van der Waals surface area contributed by atoms with Gasteiger partial charge in [-0.15, -0.1) is 0 Å². The van der Waals surface area contributed by atoms with Crippen LogP contribution in [0.25, 0.3) is 11.1 Å². The van der Waals surface area contributed by atoms with Gasteiger partial charge in [0.25, 0.3) is 0 Å². The van der Waals surface area contributed by atoms with Crippen LogP contribution in [-0.4, -0.2) is 32.7 Å². The highest BCUT2D eigenvalue weighted by Gasteiger charge is 2.24. The fourth-order valence-corrected chi connectivity index (χ4v) is 1.86. The number of H-pyrrole nitrogens is 2. The van der Waals surface area contributed by atoms with E-state index in [9.17, 15) is 4.79 Å². The molecule has 2 aromatic heterocycles. The average Bonchev–Trinajstić information content (AvgIpc) is 3.02. The summed E-state index contributed by atoms with van der Waals surface area (Å²) in [5.74, 6) is 0.464. The molecule has 2 N–H and O–H groups in total. The molecule has 0 saturated carbocycles. The number of carbonyl (C=O) groups excluding carboxylic acids is 1. The van der Waals surface area contributed by atoms with Crippen molar-refractivity contribution >= 4 is 17.1 Å². The fraction of sp³-hybridized carbons (Fsp3) is 0.182. The first-order valence-electron chi connectivity index (χ1n) is 5.22. The molecule has 0 fully saturated rings. The SMILES string of the molecule is O=C1CC(c2ncc[nH]2)=C(c2ccn[nH]2)CO1. The summed E-state index contributed by atoms with van der Waals surface area (Å²) in [4.78, 5) is 18.5. The van der Waals surface area contributed by atoms with E-state index in [1.807, 2.05) is 6.07 Å². The summed E-state index contributed by atoms with van der Waals surface area (Å²) in [6.45, 7) is 0.247. The van der Waals surface area contributed by atoms with Gasteiger partial charge in [0.1, 0.15) is 12.4 Å². The first kappa shape index (κ1) is 9.83. The normalized spacial score (nSPS) is 16.1. The Balaban J connectivity index is 2.12. The van der Waals surface area contributed by atoms with Gasteiger partial charge in [-0.1, -0.05) is 0 Å². The number of nitrogens with one attached hydrogen (secondary N) is 2. The Hall–Kier alpha value is -2.37. The number of aromatic nitrogens is 4. The van der Waals surface area contributed by atoms with Gasteiger partial charge < -0.3 is 9.72 Å². The zero-order chi connectivity index (χ0) is 11.7. The monoisotopic (exact) mass is 230 g/mol. The third-order valence-electron chi connectivity index (χ3n) is 2.67. The van der Waals surface area contributed by atoms with Crippen LogP contribution >= 0.6 is 0 Å². The maximum absolute atomic E-state index is 11.4. The number of imidazole rings is 1. The Morgan fingerprint density at radius 3 is 2.94 bits per heavy atom. The van der Waals surface area contributed by atoms with Gasteiger partial charge in [0.2, 0.25) is 0 Å². The lowest BCUT2D eigenvalue weighted by atomic mass is 10.0. The van der Waals surface area contributed by atoms with Crippen molar-refractivity contribution in [3.8, 4) is 0 Å². The summed E-state index contributed by atoms with van der Waals surface area (Å²) in [6, 6.07) is 1.84. The number of hydrogen-bond acceptors (Lipinski definition) is 4. The fourth-order valence-electron chi connectivity index (χ4n) is 1.86. The van der Waals surface area contributed by atoms with E-state index in [2.05, 4.69) is 20.2 Å². The number of hydrogen-bond donors (Lipinski definition) is 2. The number of aromatic amines is 2. The molecule has 1 aliphatic heterocycles. The van der Waals surface area contributed by atoms with Crippen molar-refractivity contribution in [3.63, 3.8) is 0 Å². The molecule has 3 heterocycles. The van der Waals surface area contributed by atoms with Crippen molar-refractivity contribution < 1.29 is 9.53 Å². The van der Waals surface area contributed by atoms with Crippen LogP contribution in [0.2, 0.25) is 0 Å². The van der Waals surface area contributed by atoms with Gasteiger partial charge in [-0.3, -0.25) is 9.89 Å². The molecule has 6 heteroatoms. The summed E-state index contributed by atoms with van der Waals surface area (Å²) in [5, 5.41) is 6.77. The zero-order valence-electron chi connectivity index (χ0n) is 8.93. The minimum atomic E-state index is -0.236. The van der Waals surface area contributed by atoms with Crippen molar-refractivity contribution in [1.82, 2.24) is 20.2 Å². The molecule has 0 aromatic carbocycles. The second kappa shape index (κ2) is 3.89. The minimum Gasteiger partial charge on any atom is -0.460 e. The van der Waals surface area contributed by atoms with Crippen LogP contribution < -0.4 is 0 Å². The van der Waals surface area contributed by atoms with Crippen LogP contribution in [0.1, 0.15) is 17.9 Å². The lowest BCUT2D eigenvalue weighted by molar-refractivity contribution is -0.141. The predicted octanol–water partition coefficient (Wildman–Crippen LogP) is 0.990. The second-order valence-electron chi connectivity index (χ2n) is 3.70. The summed E-state index contributed by atoms with van der Waals surface area (Å²) in [6.07, 6.45) is 5.28. The standard InChI is InChI=1S/C11H10N4O2/c16-10-5-7(11-12-3-4-13-11)8(6-17-10)9-1-2-14-15-9/h1-4H,5-6H2,(H,12,13)(H,14,15). The van der Waals surface area contributed by atoms with Gasteiger partial charge in [-0.25, -0.2) is 4.98 Å². The van der Waals surface area contributed by atoms with E-state index in [1.54, 1.807) is 18.6 Å². The van der Waals surface area contributed by atoms with Crippen LogP contribution in [-0.2, 0) is 9.53 Å². The van der Waals surface area contributed by atoms with E-state index in [-0.39, 0.29) is 19.0 Å². The molecular formula is C11H10N4O2. The van der Waals surface area contributed by atoms with E-state index >= 15 is 0 Å². The summed E-state index contributed by atoms with van der Waals surface area (Å²) >= 11 is 0. The van der Waals surface area contributed by atoms with E-state index in [0.29, 0.717) is 5.82 Å². The molecule has 0 aliphatic carbocycles. The molecule has 0 spiro atoms. The topological polar surface area (TPSA) is 83.7 Å². The molecule has 0 unspecified atom stereocenters. The summed E-state index contributed by atoms with van der Waals surface area (Å²) < 4.78 is 5.06. The predicted molar refractivity (Wildman–Crippen MR) is 59.6 cm³/mol. The molecule has 0 bridgehead atoms. The van der Waals surface area contributed by atoms with Crippen LogP contribution in [0.3, 0.4) is 0 Å². The van der Waals surface area contributed by atoms with Crippen molar-refractivity contribution in [3.05, 3.63) is 36.2 Å². The number of carbonyl (C=O) groups is 1. The summed E-state index contributed by atoms with van der Waals surface area (Å²) in [7, 11) is 0. The van der Waals surface area contributed by atoms with E-state index in [0.717, 1.165) is 16.8 Å². The van der Waals surface area contributed by atoms with Crippen LogP contribution in [0.15, 0.2) is 24.7 Å². The van der Waals surface area contributed by atoms with Crippen LogP contribution in [0.4, 0.5) is 0 Å². The number of ether oxygens (including phenoxy) is 1. The molecule has 0 saturated heterocycles. The van der Waals surface area contributed by atoms with Crippen molar-refractivity contribution in [2.75, 3.05) is 6.61 Å². The van der Waals surface area contributed by atoms with Gasteiger partial charge in [-0.05, 0) is 6.07 Å². The molecular weight excluding hydrogens is 220 g/mol. The highest BCUT2D eigenvalue weighted by molar-refractivity contribution is 5.99. The molecule has 17 heavy (non-hydrogen) atoms. The van der Waals surface area contributed by atoms with Gasteiger partial charge in [-0.2, -0.15) is 5.10 Å². The van der Waals surface area contributed by atoms with Crippen molar-refractivity contribution in [2.45, 2.75) is 6.42 Å². The number of esters is 1. The molecule has 6 nitrogen and oxygen atoms in total. The van der Waals surface area contributed by atoms with E-state index in [4.69, 9.17) is 4.74 Å². The second-order valence-corrected chi connectivity index (χ2v) is 3.70. The Morgan fingerprint density at radius 2 is 2.24 bits per heavy atom. The molecule has 1 aliphatic rings.